The van der Waals surface area contributed by atoms with E-state index >= 15 is 0 Å². The van der Waals surface area contributed by atoms with E-state index in [0.29, 0.717) is 25.9 Å². The van der Waals surface area contributed by atoms with Crippen LogP contribution in [0.5, 0.6) is 0 Å². The molecule has 1 aliphatic rings. The summed E-state index contributed by atoms with van der Waals surface area (Å²) in [5, 5.41) is 9.18. The molecule has 1 amide bonds. The number of likely N-dealkylation sites (tertiary alicyclic amines) is 1. The highest BCUT2D eigenvalue weighted by atomic mass is 79.9. The Kier molecular flexibility index (Phi) is 5.04. The van der Waals surface area contributed by atoms with E-state index in [1.165, 1.54) is 0 Å². The Hall–Kier alpha value is -1.36. The third kappa shape index (κ3) is 3.84. The van der Waals surface area contributed by atoms with Crippen molar-refractivity contribution in [2.24, 2.45) is 11.8 Å². The standard InChI is InChI=1S/C16H20BrNO3/c1-10-6-13(16(20)21)9-18(8-10)15(19)7-12-4-3-5-14(17)11(12)2/h3-5,10,13H,6-9H2,1-2H3,(H,20,21). The van der Waals surface area contributed by atoms with Crippen LogP contribution in [0.15, 0.2) is 22.7 Å². The van der Waals surface area contributed by atoms with Gasteiger partial charge in [0, 0.05) is 17.6 Å². The molecule has 1 saturated heterocycles. The molecule has 0 radical (unpaired) electrons. The summed E-state index contributed by atoms with van der Waals surface area (Å²) < 4.78 is 0.989. The highest BCUT2D eigenvalue weighted by Crippen LogP contribution is 2.24. The van der Waals surface area contributed by atoms with Gasteiger partial charge in [0.2, 0.25) is 5.91 Å². The molecule has 1 N–H and O–H groups in total. The van der Waals surface area contributed by atoms with Gasteiger partial charge in [0.1, 0.15) is 0 Å². The van der Waals surface area contributed by atoms with Crippen molar-refractivity contribution in [3.63, 3.8) is 0 Å². The first-order chi connectivity index (χ1) is 9.88. The second-order valence-corrected chi connectivity index (χ2v) is 6.73. The molecule has 2 unspecified atom stereocenters. The maximum atomic E-state index is 12.5. The van der Waals surface area contributed by atoms with Gasteiger partial charge in [-0.05, 0) is 36.5 Å². The van der Waals surface area contributed by atoms with Gasteiger partial charge in [-0.3, -0.25) is 9.59 Å². The van der Waals surface area contributed by atoms with E-state index in [4.69, 9.17) is 0 Å². The normalized spacial score (nSPS) is 22.1. The summed E-state index contributed by atoms with van der Waals surface area (Å²) in [5.41, 5.74) is 2.05. The molecule has 114 valence electrons. The zero-order valence-corrected chi connectivity index (χ0v) is 13.9. The van der Waals surface area contributed by atoms with Crippen LogP contribution in [-0.2, 0) is 16.0 Å². The second-order valence-electron chi connectivity index (χ2n) is 5.88. The third-order valence-electron chi connectivity index (χ3n) is 4.08. The molecule has 21 heavy (non-hydrogen) atoms. The van der Waals surface area contributed by atoms with Crippen molar-refractivity contribution in [2.75, 3.05) is 13.1 Å². The number of benzene rings is 1. The monoisotopic (exact) mass is 353 g/mol. The summed E-state index contributed by atoms with van der Waals surface area (Å²) in [6, 6.07) is 5.81. The molecular weight excluding hydrogens is 334 g/mol. The van der Waals surface area contributed by atoms with E-state index in [0.717, 1.165) is 15.6 Å². The quantitative estimate of drug-likeness (QED) is 0.908. The van der Waals surface area contributed by atoms with Crippen LogP contribution in [0.4, 0.5) is 0 Å². The number of halogens is 1. The van der Waals surface area contributed by atoms with Crippen LogP contribution in [-0.4, -0.2) is 35.0 Å². The molecule has 2 atom stereocenters. The molecule has 0 saturated carbocycles. The van der Waals surface area contributed by atoms with Crippen molar-refractivity contribution in [1.29, 1.82) is 0 Å². The molecule has 4 nitrogen and oxygen atoms in total. The molecular formula is C16H20BrNO3. The molecule has 0 aliphatic carbocycles. The molecule has 0 spiro atoms. The van der Waals surface area contributed by atoms with E-state index in [-0.39, 0.29) is 11.8 Å². The van der Waals surface area contributed by atoms with Crippen LogP contribution < -0.4 is 0 Å². The van der Waals surface area contributed by atoms with Gasteiger partial charge in [-0.2, -0.15) is 0 Å². The number of carbonyl (C=O) groups excluding carboxylic acids is 1. The number of carboxylic acid groups (broad SMARTS) is 1. The van der Waals surface area contributed by atoms with Gasteiger partial charge < -0.3 is 10.0 Å². The summed E-state index contributed by atoms with van der Waals surface area (Å²) in [6.07, 6.45) is 0.972. The van der Waals surface area contributed by atoms with Gasteiger partial charge in [-0.25, -0.2) is 0 Å². The van der Waals surface area contributed by atoms with Gasteiger partial charge in [-0.1, -0.05) is 35.0 Å². The smallest absolute Gasteiger partial charge is 0.308 e. The fourth-order valence-electron chi connectivity index (χ4n) is 2.85. The average Bonchev–Trinajstić information content (AvgIpc) is 2.43. The number of rotatable bonds is 3. The Bertz CT molecular complexity index is 558. The lowest BCUT2D eigenvalue weighted by Gasteiger charge is -2.34. The third-order valence-corrected chi connectivity index (χ3v) is 4.94. The second kappa shape index (κ2) is 6.60. The first kappa shape index (κ1) is 16.0. The van der Waals surface area contributed by atoms with Crippen LogP contribution in [0.2, 0.25) is 0 Å². The van der Waals surface area contributed by atoms with Crippen molar-refractivity contribution in [2.45, 2.75) is 26.7 Å². The number of carboxylic acids is 1. The zero-order valence-electron chi connectivity index (χ0n) is 12.3. The van der Waals surface area contributed by atoms with Crippen LogP contribution in [0.1, 0.15) is 24.5 Å². The molecule has 1 aromatic rings. The minimum absolute atomic E-state index is 0.00833. The van der Waals surface area contributed by atoms with Crippen molar-refractivity contribution in [1.82, 2.24) is 4.90 Å². The van der Waals surface area contributed by atoms with Crippen LogP contribution in [0.3, 0.4) is 0 Å². The largest absolute Gasteiger partial charge is 0.481 e. The van der Waals surface area contributed by atoms with Gasteiger partial charge >= 0.3 is 5.97 Å². The minimum atomic E-state index is -0.807. The molecule has 5 heteroatoms. The summed E-state index contributed by atoms with van der Waals surface area (Å²) in [6.45, 7) is 4.95. The van der Waals surface area contributed by atoms with Crippen LogP contribution >= 0.6 is 15.9 Å². The molecule has 1 fully saturated rings. The Morgan fingerprint density at radius 2 is 2.10 bits per heavy atom. The van der Waals surface area contributed by atoms with Crippen molar-refractivity contribution >= 4 is 27.8 Å². The minimum Gasteiger partial charge on any atom is -0.481 e. The predicted octanol–water partition coefficient (Wildman–Crippen LogP) is 2.87. The molecule has 1 heterocycles. The predicted molar refractivity (Wildman–Crippen MR) is 84.1 cm³/mol. The maximum Gasteiger partial charge on any atom is 0.308 e. The van der Waals surface area contributed by atoms with Gasteiger partial charge in [0.05, 0.1) is 12.3 Å². The maximum absolute atomic E-state index is 12.5. The number of hydrogen-bond donors (Lipinski definition) is 1. The SMILES string of the molecule is Cc1c(Br)cccc1CC(=O)N1CC(C)CC(C(=O)O)C1. The number of carbonyl (C=O) groups is 2. The lowest BCUT2D eigenvalue weighted by atomic mass is 9.90. The molecule has 2 rings (SSSR count). The number of amides is 1. The van der Waals surface area contributed by atoms with Crippen LogP contribution in [0, 0.1) is 18.8 Å². The van der Waals surface area contributed by atoms with E-state index < -0.39 is 11.9 Å². The first-order valence-electron chi connectivity index (χ1n) is 7.13. The van der Waals surface area contributed by atoms with Crippen molar-refractivity contribution in [3.8, 4) is 0 Å². The summed E-state index contributed by atoms with van der Waals surface area (Å²) in [4.78, 5) is 25.3. The highest BCUT2D eigenvalue weighted by molar-refractivity contribution is 9.10. The average molecular weight is 354 g/mol. The van der Waals surface area contributed by atoms with Gasteiger partial charge in [0.25, 0.3) is 0 Å². The summed E-state index contributed by atoms with van der Waals surface area (Å²) in [5.74, 6) is -1.01. The number of piperidine rings is 1. The van der Waals surface area contributed by atoms with E-state index in [9.17, 15) is 14.7 Å². The first-order valence-corrected chi connectivity index (χ1v) is 7.92. The van der Waals surface area contributed by atoms with E-state index in [2.05, 4.69) is 15.9 Å². The van der Waals surface area contributed by atoms with Crippen molar-refractivity contribution in [3.05, 3.63) is 33.8 Å². The number of nitrogens with zero attached hydrogens (tertiary/aromatic N) is 1. The van der Waals surface area contributed by atoms with Gasteiger partial charge in [0.15, 0.2) is 0 Å². The zero-order chi connectivity index (χ0) is 15.6. The lowest BCUT2D eigenvalue weighted by molar-refractivity contribution is -0.146. The van der Waals surface area contributed by atoms with E-state index in [1.807, 2.05) is 32.0 Å². The highest BCUT2D eigenvalue weighted by Gasteiger charge is 2.31. The Morgan fingerprint density at radius 3 is 2.76 bits per heavy atom. The van der Waals surface area contributed by atoms with Crippen LogP contribution in [0.25, 0.3) is 0 Å². The number of aliphatic carboxylic acids is 1. The fraction of sp³-hybridized carbons (Fsp3) is 0.500. The molecule has 0 aromatic heterocycles. The summed E-state index contributed by atoms with van der Waals surface area (Å²) >= 11 is 3.47. The fourth-order valence-corrected chi connectivity index (χ4v) is 3.26. The Morgan fingerprint density at radius 1 is 1.38 bits per heavy atom. The molecule has 1 aromatic carbocycles. The Labute approximate surface area is 133 Å². The van der Waals surface area contributed by atoms with E-state index in [1.54, 1.807) is 4.90 Å². The lowest BCUT2D eigenvalue weighted by Crippen LogP contribution is -2.46. The summed E-state index contributed by atoms with van der Waals surface area (Å²) in [7, 11) is 0. The van der Waals surface area contributed by atoms with Crippen molar-refractivity contribution < 1.29 is 14.7 Å². The Balaban J connectivity index is 2.09. The topological polar surface area (TPSA) is 57.6 Å². The molecule has 1 aliphatic heterocycles. The molecule has 0 bridgehead atoms. The number of hydrogen-bond acceptors (Lipinski definition) is 2. The van der Waals surface area contributed by atoms with Gasteiger partial charge in [-0.15, -0.1) is 0 Å².